The minimum atomic E-state index is 0.122. The van der Waals surface area contributed by atoms with E-state index in [-0.39, 0.29) is 11.5 Å². The van der Waals surface area contributed by atoms with E-state index in [1.165, 1.54) is 6.20 Å². The summed E-state index contributed by atoms with van der Waals surface area (Å²) in [6, 6.07) is 0. The molecule has 0 bridgehead atoms. The van der Waals surface area contributed by atoms with Crippen LogP contribution in [0.1, 0.15) is 0 Å². The van der Waals surface area contributed by atoms with Gasteiger partial charge in [0.15, 0.2) is 0 Å². The lowest BCUT2D eigenvalue weighted by Crippen LogP contribution is -2.17. The third kappa shape index (κ3) is 2.78. The van der Waals surface area contributed by atoms with E-state index >= 15 is 0 Å². The smallest absolute Gasteiger partial charge is 0.150 e. The Morgan fingerprint density at radius 2 is 2.00 bits per heavy atom. The van der Waals surface area contributed by atoms with Crippen LogP contribution in [-0.4, -0.2) is 6.34 Å². The molecule has 0 rings (SSSR count). The molecule has 5 heteroatoms. The summed E-state index contributed by atoms with van der Waals surface area (Å²) in [5.74, 6) is 0.122. The van der Waals surface area contributed by atoms with Crippen molar-refractivity contribution >= 4 is 6.34 Å². The molecule has 66 valence electrons. The minimum absolute atomic E-state index is 0.122. The average molecular weight is 167 g/mol. The first-order chi connectivity index (χ1) is 5.63. The lowest BCUT2D eigenvalue weighted by Gasteiger charge is -2.05. The second-order valence-corrected chi connectivity index (χ2v) is 1.90. The number of nitrogens with one attached hydrogen (secondary N) is 1. The lowest BCUT2D eigenvalue weighted by atomic mass is 10.3. The summed E-state index contributed by atoms with van der Waals surface area (Å²) in [6.07, 6.45) is 2.50. The van der Waals surface area contributed by atoms with Gasteiger partial charge in [-0.2, -0.15) is 0 Å². The third-order valence-corrected chi connectivity index (χ3v) is 1.09. The molecule has 0 fully saturated rings. The third-order valence-electron chi connectivity index (χ3n) is 1.09. The van der Waals surface area contributed by atoms with E-state index in [2.05, 4.69) is 23.5 Å². The first-order valence-corrected chi connectivity index (χ1v) is 3.19. The highest BCUT2D eigenvalue weighted by atomic mass is 15.0. The second-order valence-electron chi connectivity index (χ2n) is 1.90. The first-order valence-electron chi connectivity index (χ1n) is 3.19. The minimum Gasteiger partial charge on any atom is -0.394 e. The predicted molar refractivity (Wildman–Crippen MR) is 50.6 cm³/mol. The summed E-state index contributed by atoms with van der Waals surface area (Å²) in [5, 5.41) is 2.68. The van der Waals surface area contributed by atoms with Gasteiger partial charge in [0.25, 0.3) is 0 Å². The van der Waals surface area contributed by atoms with Crippen LogP contribution >= 0.6 is 0 Å². The Morgan fingerprint density at radius 3 is 2.42 bits per heavy atom. The molecule has 7 N–H and O–H groups in total. The van der Waals surface area contributed by atoms with Crippen LogP contribution in [0.2, 0.25) is 0 Å². The second kappa shape index (κ2) is 4.84. The van der Waals surface area contributed by atoms with Crippen molar-refractivity contribution in [1.29, 1.82) is 0 Å². The topological polar surface area (TPSA) is 102 Å². The molecule has 0 aromatic rings. The van der Waals surface area contributed by atoms with Gasteiger partial charge in [0.05, 0.1) is 17.7 Å². The largest absolute Gasteiger partial charge is 0.394 e. The molecule has 0 aromatic carbocycles. The molecular weight excluding hydrogens is 154 g/mol. The fourth-order valence-electron chi connectivity index (χ4n) is 0.505. The Morgan fingerprint density at radius 1 is 1.42 bits per heavy atom. The Hall–Kier alpha value is -1.91. The van der Waals surface area contributed by atoms with Crippen molar-refractivity contribution in [3.8, 4) is 0 Å². The molecule has 0 aliphatic rings. The lowest BCUT2D eigenvalue weighted by molar-refractivity contribution is 1.02. The van der Waals surface area contributed by atoms with Crippen LogP contribution < -0.4 is 22.5 Å². The Bertz CT molecular complexity index is 238. The summed E-state index contributed by atoms with van der Waals surface area (Å²) < 4.78 is 0. The molecule has 0 spiro atoms. The van der Waals surface area contributed by atoms with Crippen LogP contribution in [0.3, 0.4) is 0 Å². The maximum Gasteiger partial charge on any atom is 0.150 e. The monoisotopic (exact) mass is 167 g/mol. The van der Waals surface area contributed by atoms with Crippen molar-refractivity contribution in [2.45, 2.75) is 0 Å². The SMILES string of the molecule is C=CNC(=C)/C(N)=C(N)\N=C/N. The number of nitrogens with two attached hydrogens (primary N) is 3. The van der Waals surface area contributed by atoms with E-state index < -0.39 is 0 Å². The highest BCUT2D eigenvalue weighted by molar-refractivity contribution is 5.53. The summed E-state index contributed by atoms with van der Waals surface area (Å²) in [6.45, 7) is 7.02. The standard InChI is InChI=1S/C7H13N5/c1-3-11-5(2)6(9)7(10)12-4-8/h3-4,11H,1-2,9-10H2,(H2,8,12)/b7-6+. The number of hydrogen-bond donors (Lipinski definition) is 4. The average Bonchev–Trinajstić information content (AvgIpc) is 2.04. The molecule has 0 saturated carbocycles. The molecule has 0 aromatic heterocycles. The molecule has 0 atom stereocenters. The van der Waals surface area contributed by atoms with Gasteiger partial charge in [0, 0.05) is 0 Å². The normalized spacial score (nSPS) is 12.3. The molecule has 0 aliphatic carbocycles. The molecule has 0 radical (unpaired) electrons. The molecule has 0 amide bonds. The van der Waals surface area contributed by atoms with Gasteiger partial charge in [-0.1, -0.05) is 13.2 Å². The van der Waals surface area contributed by atoms with Crippen molar-refractivity contribution < 1.29 is 0 Å². The molecule has 0 saturated heterocycles. The Kier molecular flexibility index (Phi) is 4.07. The summed E-state index contributed by atoms with van der Waals surface area (Å²) >= 11 is 0. The molecule has 0 heterocycles. The van der Waals surface area contributed by atoms with E-state index in [1.807, 2.05) is 0 Å². The maximum absolute atomic E-state index is 5.51. The summed E-state index contributed by atoms with van der Waals surface area (Å²) in [4.78, 5) is 3.58. The van der Waals surface area contributed by atoms with E-state index in [4.69, 9.17) is 17.2 Å². The van der Waals surface area contributed by atoms with Gasteiger partial charge in [-0.3, -0.25) is 0 Å². The zero-order valence-electron chi connectivity index (χ0n) is 6.75. The molecular formula is C7H13N5. The van der Waals surface area contributed by atoms with Gasteiger partial charge in [-0.25, -0.2) is 4.99 Å². The zero-order valence-corrected chi connectivity index (χ0v) is 6.75. The van der Waals surface area contributed by atoms with E-state index in [9.17, 15) is 0 Å². The fourth-order valence-corrected chi connectivity index (χ4v) is 0.505. The van der Waals surface area contributed by atoms with Crippen LogP contribution in [0, 0.1) is 0 Å². The van der Waals surface area contributed by atoms with E-state index in [0.29, 0.717) is 5.70 Å². The van der Waals surface area contributed by atoms with E-state index in [1.54, 1.807) is 0 Å². The van der Waals surface area contributed by atoms with Gasteiger partial charge in [-0.05, 0) is 6.20 Å². The van der Waals surface area contributed by atoms with Gasteiger partial charge in [0.2, 0.25) is 0 Å². The Labute approximate surface area is 71.3 Å². The zero-order chi connectivity index (χ0) is 9.56. The number of hydrogen-bond acceptors (Lipinski definition) is 4. The van der Waals surface area contributed by atoms with Crippen molar-refractivity contribution in [2.75, 3.05) is 0 Å². The van der Waals surface area contributed by atoms with Crippen molar-refractivity contribution in [3.05, 3.63) is 36.6 Å². The van der Waals surface area contributed by atoms with Gasteiger partial charge >= 0.3 is 0 Å². The van der Waals surface area contributed by atoms with Gasteiger partial charge in [0.1, 0.15) is 5.82 Å². The molecule has 5 nitrogen and oxygen atoms in total. The predicted octanol–water partition coefficient (Wildman–Crippen LogP) is -0.693. The van der Waals surface area contributed by atoms with Crippen LogP contribution in [-0.2, 0) is 0 Å². The number of rotatable bonds is 4. The van der Waals surface area contributed by atoms with Crippen LogP contribution in [0.15, 0.2) is 41.6 Å². The highest BCUT2D eigenvalue weighted by Crippen LogP contribution is 2.00. The summed E-state index contributed by atoms with van der Waals surface area (Å²) in [5.41, 5.74) is 16.6. The van der Waals surface area contributed by atoms with Gasteiger partial charge in [-0.15, -0.1) is 0 Å². The van der Waals surface area contributed by atoms with Crippen molar-refractivity contribution in [3.63, 3.8) is 0 Å². The maximum atomic E-state index is 5.51. The fraction of sp³-hybridized carbons (Fsp3) is 0. The molecule has 0 aliphatic heterocycles. The van der Waals surface area contributed by atoms with Crippen molar-refractivity contribution in [2.24, 2.45) is 22.2 Å². The molecule has 12 heavy (non-hydrogen) atoms. The number of nitrogens with zero attached hydrogens (tertiary/aromatic N) is 1. The Balaban J connectivity index is 4.53. The van der Waals surface area contributed by atoms with E-state index in [0.717, 1.165) is 6.34 Å². The highest BCUT2D eigenvalue weighted by Gasteiger charge is 1.99. The number of aliphatic imine (C=N–C) groups is 1. The summed E-state index contributed by atoms with van der Waals surface area (Å²) in [7, 11) is 0. The van der Waals surface area contributed by atoms with Crippen LogP contribution in [0.25, 0.3) is 0 Å². The molecule has 0 unspecified atom stereocenters. The van der Waals surface area contributed by atoms with Crippen LogP contribution in [0.4, 0.5) is 0 Å². The quantitative estimate of drug-likeness (QED) is 0.253. The van der Waals surface area contributed by atoms with Crippen molar-refractivity contribution in [1.82, 2.24) is 5.32 Å². The van der Waals surface area contributed by atoms with Gasteiger partial charge < -0.3 is 22.5 Å². The van der Waals surface area contributed by atoms with Crippen LogP contribution in [0.5, 0.6) is 0 Å². The first kappa shape index (κ1) is 10.1.